The van der Waals surface area contributed by atoms with Crippen molar-refractivity contribution in [1.29, 1.82) is 0 Å². The van der Waals surface area contributed by atoms with Crippen LogP contribution in [-0.2, 0) is 14.3 Å². The number of unbranched alkanes of at least 4 members (excludes halogenated alkanes) is 14. The van der Waals surface area contributed by atoms with Crippen LogP contribution in [0.25, 0.3) is 0 Å². The fourth-order valence-corrected chi connectivity index (χ4v) is 3.77. The molecule has 1 aromatic rings. The van der Waals surface area contributed by atoms with E-state index in [1.165, 1.54) is 95.6 Å². The van der Waals surface area contributed by atoms with E-state index in [9.17, 15) is 14.4 Å². The summed E-state index contributed by atoms with van der Waals surface area (Å²) < 4.78 is 4.55. The molecule has 0 heterocycles. The first kappa shape index (κ1) is 28.8. The minimum Gasteiger partial charge on any atom is -0.388 e. The average molecular weight is 461 g/mol. The van der Waals surface area contributed by atoms with Crippen LogP contribution in [-0.4, -0.2) is 24.4 Å². The Morgan fingerprint density at radius 3 is 1.64 bits per heavy atom. The number of benzene rings is 1. The number of carbonyl (C=O) groups is 3. The van der Waals surface area contributed by atoms with Crippen molar-refractivity contribution in [3.63, 3.8) is 0 Å². The molecule has 6 nitrogen and oxygen atoms in total. The second-order valence-corrected chi connectivity index (χ2v) is 8.79. The Hall–Kier alpha value is -2.21. The lowest BCUT2D eigenvalue weighted by Crippen LogP contribution is -2.20. The predicted molar refractivity (Wildman–Crippen MR) is 134 cm³/mol. The summed E-state index contributed by atoms with van der Waals surface area (Å²) in [5.41, 5.74) is 5.97. The second kappa shape index (κ2) is 19.3. The number of carbonyl (C=O) groups excluding carboxylic acids is 3. The molecular formula is C27H44N2O4. The highest BCUT2D eigenvalue weighted by molar-refractivity contribution is 5.98. The number of esters is 2. The van der Waals surface area contributed by atoms with E-state index in [0.29, 0.717) is 12.1 Å². The molecule has 0 aliphatic heterocycles. The topological polar surface area (TPSA) is 98.5 Å². The first-order valence-electron chi connectivity index (χ1n) is 12.9. The Morgan fingerprint density at radius 1 is 0.727 bits per heavy atom. The van der Waals surface area contributed by atoms with E-state index in [1.54, 1.807) is 12.1 Å². The van der Waals surface area contributed by atoms with Crippen LogP contribution < -0.4 is 11.1 Å². The minimum atomic E-state index is -0.777. The van der Waals surface area contributed by atoms with Gasteiger partial charge >= 0.3 is 11.9 Å². The van der Waals surface area contributed by atoms with Crippen LogP contribution in [0, 0.1) is 0 Å². The Morgan fingerprint density at radius 2 is 1.18 bits per heavy atom. The van der Waals surface area contributed by atoms with E-state index >= 15 is 0 Å². The Labute approximate surface area is 200 Å². The van der Waals surface area contributed by atoms with Crippen molar-refractivity contribution < 1.29 is 19.1 Å². The maximum absolute atomic E-state index is 12.1. The predicted octanol–water partition coefficient (Wildman–Crippen LogP) is 6.53. The van der Waals surface area contributed by atoms with Gasteiger partial charge in [-0.25, -0.2) is 4.79 Å². The van der Waals surface area contributed by atoms with E-state index in [-0.39, 0.29) is 18.0 Å². The Bertz CT molecular complexity index is 673. The first-order valence-corrected chi connectivity index (χ1v) is 12.9. The van der Waals surface area contributed by atoms with E-state index in [1.807, 2.05) is 0 Å². The standard InChI is InChI=1S/C27H44N2O4/c1-2-3-4-5-6-7-8-9-10-11-12-13-14-15-16-17-25(30)29-24-20-18-23(19-21-24)27(32)33-26(31)22-28/h18-21H,2-17,22,28H2,1H3,(H,29,30). The number of rotatable bonds is 19. The van der Waals surface area contributed by atoms with Crippen LogP contribution in [0.15, 0.2) is 24.3 Å². The van der Waals surface area contributed by atoms with Gasteiger partial charge in [-0.3, -0.25) is 9.59 Å². The van der Waals surface area contributed by atoms with Crippen LogP contribution >= 0.6 is 0 Å². The van der Waals surface area contributed by atoms with Crippen molar-refractivity contribution in [1.82, 2.24) is 0 Å². The van der Waals surface area contributed by atoms with Gasteiger partial charge in [0.05, 0.1) is 12.1 Å². The third-order valence-corrected chi connectivity index (χ3v) is 5.78. The van der Waals surface area contributed by atoms with Gasteiger partial charge in [0.15, 0.2) is 0 Å². The Balaban J connectivity index is 1.99. The molecule has 0 aromatic heterocycles. The zero-order chi connectivity index (χ0) is 24.2. The van der Waals surface area contributed by atoms with Crippen LogP contribution in [0.2, 0.25) is 0 Å². The number of hydrogen-bond acceptors (Lipinski definition) is 5. The van der Waals surface area contributed by atoms with Crippen molar-refractivity contribution in [2.24, 2.45) is 5.73 Å². The molecule has 0 atom stereocenters. The van der Waals surface area contributed by atoms with Gasteiger partial charge in [-0.15, -0.1) is 0 Å². The minimum absolute atomic E-state index is 0.0293. The van der Waals surface area contributed by atoms with Gasteiger partial charge < -0.3 is 15.8 Å². The van der Waals surface area contributed by atoms with Crippen LogP contribution in [0.1, 0.15) is 120 Å². The summed E-state index contributed by atoms with van der Waals surface area (Å²) >= 11 is 0. The summed E-state index contributed by atoms with van der Waals surface area (Å²) in [4.78, 5) is 34.9. The SMILES string of the molecule is CCCCCCCCCCCCCCCCCC(=O)Nc1ccc(C(=O)OC(=O)CN)cc1. The maximum Gasteiger partial charge on any atom is 0.345 e. The van der Waals surface area contributed by atoms with Crippen molar-refractivity contribution >= 4 is 23.5 Å². The van der Waals surface area contributed by atoms with Crippen molar-refractivity contribution in [2.45, 2.75) is 110 Å². The summed E-state index contributed by atoms with van der Waals surface area (Å²) in [7, 11) is 0. The maximum atomic E-state index is 12.1. The molecule has 6 heteroatoms. The number of nitrogens with two attached hydrogens (primary N) is 1. The van der Waals surface area contributed by atoms with Gasteiger partial charge in [-0.2, -0.15) is 0 Å². The highest BCUT2D eigenvalue weighted by Gasteiger charge is 2.11. The molecule has 0 radical (unpaired) electrons. The monoisotopic (exact) mass is 460 g/mol. The lowest BCUT2D eigenvalue weighted by Gasteiger charge is -2.07. The molecule has 0 bridgehead atoms. The lowest BCUT2D eigenvalue weighted by atomic mass is 10.0. The number of anilines is 1. The average Bonchev–Trinajstić information content (AvgIpc) is 2.81. The quantitative estimate of drug-likeness (QED) is 0.139. The van der Waals surface area contributed by atoms with Gasteiger partial charge in [0.25, 0.3) is 0 Å². The highest BCUT2D eigenvalue weighted by Crippen LogP contribution is 2.15. The second-order valence-electron chi connectivity index (χ2n) is 8.79. The summed E-state index contributed by atoms with van der Waals surface area (Å²) in [6.45, 7) is 1.92. The van der Waals surface area contributed by atoms with Crippen molar-refractivity contribution in [3.8, 4) is 0 Å². The third-order valence-electron chi connectivity index (χ3n) is 5.78. The molecule has 3 N–H and O–H groups in total. The molecule has 0 aliphatic carbocycles. The summed E-state index contributed by atoms with van der Waals surface area (Å²) in [5, 5.41) is 2.83. The molecule has 0 aliphatic rings. The van der Waals surface area contributed by atoms with Gasteiger partial charge in [-0.05, 0) is 30.7 Å². The van der Waals surface area contributed by atoms with Gasteiger partial charge in [0, 0.05) is 12.1 Å². The van der Waals surface area contributed by atoms with Crippen LogP contribution in [0.4, 0.5) is 5.69 Å². The summed E-state index contributed by atoms with van der Waals surface area (Å²) in [5.74, 6) is -1.56. The summed E-state index contributed by atoms with van der Waals surface area (Å²) in [6, 6.07) is 6.26. The van der Waals surface area contributed by atoms with Crippen molar-refractivity contribution in [3.05, 3.63) is 29.8 Å². The third kappa shape index (κ3) is 15.3. The van der Waals surface area contributed by atoms with E-state index in [4.69, 9.17) is 5.73 Å². The number of amides is 1. The largest absolute Gasteiger partial charge is 0.388 e. The first-order chi connectivity index (χ1) is 16.1. The molecule has 1 aromatic carbocycles. The Kier molecular flexibility index (Phi) is 16.8. The summed E-state index contributed by atoms with van der Waals surface area (Å²) in [6.07, 6.45) is 20.0. The van der Waals surface area contributed by atoms with E-state index < -0.39 is 11.9 Å². The van der Waals surface area contributed by atoms with E-state index in [2.05, 4.69) is 17.0 Å². The fraction of sp³-hybridized carbons (Fsp3) is 0.667. The lowest BCUT2D eigenvalue weighted by molar-refractivity contribution is -0.136. The van der Waals surface area contributed by atoms with Crippen molar-refractivity contribution in [2.75, 3.05) is 11.9 Å². The highest BCUT2D eigenvalue weighted by atomic mass is 16.6. The molecule has 1 rings (SSSR count). The molecule has 1 amide bonds. The van der Waals surface area contributed by atoms with E-state index in [0.717, 1.165) is 12.8 Å². The molecule has 0 spiro atoms. The zero-order valence-corrected chi connectivity index (χ0v) is 20.5. The number of nitrogens with one attached hydrogen (secondary N) is 1. The molecule has 0 unspecified atom stereocenters. The zero-order valence-electron chi connectivity index (χ0n) is 20.5. The van der Waals surface area contributed by atoms with Gasteiger partial charge in [-0.1, -0.05) is 96.8 Å². The fourth-order valence-electron chi connectivity index (χ4n) is 3.77. The van der Waals surface area contributed by atoms with Gasteiger partial charge in [0.2, 0.25) is 5.91 Å². The molecule has 186 valence electrons. The molecule has 0 saturated heterocycles. The molecule has 0 fully saturated rings. The normalized spacial score (nSPS) is 10.7. The number of hydrogen-bond donors (Lipinski definition) is 2. The number of ether oxygens (including phenoxy) is 1. The molecule has 33 heavy (non-hydrogen) atoms. The molecule has 0 saturated carbocycles. The van der Waals surface area contributed by atoms with Crippen LogP contribution in [0.5, 0.6) is 0 Å². The van der Waals surface area contributed by atoms with Crippen LogP contribution in [0.3, 0.4) is 0 Å². The smallest absolute Gasteiger partial charge is 0.345 e. The van der Waals surface area contributed by atoms with Gasteiger partial charge in [0.1, 0.15) is 0 Å². The molecular weight excluding hydrogens is 416 g/mol.